The van der Waals surface area contributed by atoms with E-state index < -0.39 is 0 Å². The molecule has 10 heteroatoms. The summed E-state index contributed by atoms with van der Waals surface area (Å²) in [6.07, 6.45) is 3.30. The molecule has 0 bridgehead atoms. The first-order valence-electron chi connectivity index (χ1n) is 9.26. The number of morpholine rings is 1. The third kappa shape index (κ3) is 3.65. The van der Waals surface area contributed by atoms with Crippen LogP contribution in [0.5, 0.6) is 0 Å². The lowest BCUT2D eigenvalue weighted by molar-refractivity contribution is 0.122. The molecule has 146 valence electrons. The number of nitrogens with two attached hydrogens (primary N) is 1. The van der Waals surface area contributed by atoms with Gasteiger partial charge in [-0.3, -0.25) is 0 Å². The van der Waals surface area contributed by atoms with Crippen molar-refractivity contribution in [2.45, 2.75) is 0 Å². The quantitative estimate of drug-likeness (QED) is 0.479. The van der Waals surface area contributed by atoms with Crippen LogP contribution in [0, 0.1) is 0 Å². The van der Waals surface area contributed by atoms with Crippen LogP contribution in [0.1, 0.15) is 0 Å². The average Bonchev–Trinajstić information content (AvgIpc) is 3.17. The number of rotatable bonds is 4. The SMILES string of the molecule is Nc1ncc(-c2cc(Nc3nc4ccccc4[nH]3)nc(N3CCOCC3)n2)cn1. The van der Waals surface area contributed by atoms with E-state index in [1.54, 1.807) is 12.4 Å². The summed E-state index contributed by atoms with van der Waals surface area (Å²) in [6, 6.07) is 9.68. The van der Waals surface area contributed by atoms with Gasteiger partial charge in [0.05, 0.1) is 29.9 Å². The van der Waals surface area contributed by atoms with E-state index in [2.05, 4.69) is 35.1 Å². The Labute approximate surface area is 166 Å². The summed E-state index contributed by atoms with van der Waals surface area (Å²) in [5.41, 5.74) is 8.89. The van der Waals surface area contributed by atoms with Crippen LogP contribution in [-0.2, 0) is 4.74 Å². The number of benzene rings is 1. The second kappa shape index (κ2) is 7.32. The minimum atomic E-state index is 0.219. The number of nitrogens with one attached hydrogen (secondary N) is 2. The zero-order valence-corrected chi connectivity index (χ0v) is 15.5. The number of ether oxygens (including phenoxy) is 1. The second-order valence-electron chi connectivity index (χ2n) is 6.60. The highest BCUT2D eigenvalue weighted by molar-refractivity contribution is 5.78. The molecule has 29 heavy (non-hydrogen) atoms. The van der Waals surface area contributed by atoms with E-state index in [0.29, 0.717) is 36.6 Å². The number of imidazole rings is 1. The molecule has 1 aliphatic rings. The number of nitrogens with zero attached hydrogens (tertiary/aromatic N) is 6. The molecule has 1 saturated heterocycles. The van der Waals surface area contributed by atoms with E-state index >= 15 is 0 Å². The molecule has 4 heterocycles. The van der Waals surface area contributed by atoms with Gasteiger partial charge in [-0.15, -0.1) is 0 Å². The van der Waals surface area contributed by atoms with Gasteiger partial charge in [0.25, 0.3) is 0 Å². The second-order valence-corrected chi connectivity index (χ2v) is 6.60. The summed E-state index contributed by atoms with van der Waals surface area (Å²) in [5, 5.41) is 3.25. The van der Waals surface area contributed by atoms with Gasteiger partial charge in [-0.2, -0.15) is 4.98 Å². The Hall–Kier alpha value is -3.79. The molecule has 10 nitrogen and oxygen atoms in total. The Kier molecular flexibility index (Phi) is 4.37. The number of para-hydroxylation sites is 2. The lowest BCUT2D eigenvalue weighted by Gasteiger charge is -2.27. The molecule has 0 saturated carbocycles. The Morgan fingerprint density at radius 3 is 2.62 bits per heavy atom. The van der Waals surface area contributed by atoms with Crippen molar-refractivity contribution in [3.8, 4) is 11.3 Å². The molecule has 0 amide bonds. The largest absolute Gasteiger partial charge is 0.378 e. The van der Waals surface area contributed by atoms with Crippen LogP contribution in [0.2, 0.25) is 0 Å². The summed E-state index contributed by atoms with van der Waals surface area (Å²) in [4.78, 5) is 27.5. The van der Waals surface area contributed by atoms with Crippen LogP contribution in [0.3, 0.4) is 0 Å². The molecule has 4 aromatic rings. The Bertz CT molecular complexity index is 1100. The number of hydrogen-bond acceptors (Lipinski definition) is 9. The van der Waals surface area contributed by atoms with Crippen molar-refractivity contribution in [3.63, 3.8) is 0 Å². The fourth-order valence-corrected chi connectivity index (χ4v) is 3.15. The van der Waals surface area contributed by atoms with Crippen molar-refractivity contribution < 1.29 is 4.74 Å². The minimum absolute atomic E-state index is 0.219. The maximum Gasteiger partial charge on any atom is 0.228 e. The van der Waals surface area contributed by atoms with Crippen molar-refractivity contribution in [3.05, 3.63) is 42.7 Å². The topological polar surface area (TPSA) is 131 Å². The summed E-state index contributed by atoms with van der Waals surface area (Å²) < 4.78 is 5.45. The van der Waals surface area contributed by atoms with Crippen molar-refractivity contribution in [1.29, 1.82) is 0 Å². The zero-order chi connectivity index (χ0) is 19.6. The van der Waals surface area contributed by atoms with Crippen LogP contribution >= 0.6 is 0 Å². The molecule has 1 aliphatic heterocycles. The first-order valence-corrected chi connectivity index (χ1v) is 9.26. The molecule has 0 aliphatic carbocycles. The Morgan fingerprint density at radius 1 is 1.03 bits per heavy atom. The normalized spacial score (nSPS) is 14.3. The van der Waals surface area contributed by atoms with Crippen LogP contribution in [0.15, 0.2) is 42.7 Å². The molecule has 1 fully saturated rings. The van der Waals surface area contributed by atoms with Crippen molar-refractivity contribution in [1.82, 2.24) is 29.9 Å². The van der Waals surface area contributed by atoms with E-state index in [1.807, 2.05) is 30.3 Å². The first kappa shape index (κ1) is 17.3. The summed E-state index contributed by atoms with van der Waals surface area (Å²) >= 11 is 0. The number of aromatic nitrogens is 6. The fourth-order valence-electron chi connectivity index (χ4n) is 3.15. The van der Waals surface area contributed by atoms with Gasteiger partial charge in [-0.1, -0.05) is 12.1 Å². The van der Waals surface area contributed by atoms with E-state index in [0.717, 1.165) is 29.7 Å². The van der Waals surface area contributed by atoms with E-state index in [-0.39, 0.29) is 5.95 Å². The van der Waals surface area contributed by atoms with Gasteiger partial charge in [0.2, 0.25) is 17.8 Å². The van der Waals surface area contributed by atoms with Gasteiger partial charge in [0.15, 0.2) is 0 Å². The monoisotopic (exact) mass is 389 g/mol. The maximum atomic E-state index is 5.62. The van der Waals surface area contributed by atoms with Crippen LogP contribution in [-0.4, -0.2) is 56.2 Å². The number of anilines is 4. The zero-order valence-electron chi connectivity index (χ0n) is 15.5. The highest BCUT2D eigenvalue weighted by Crippen LogP contribution is 2.25. The van der Waals surface area contributed by atoms with Crippen LogP contribution in [0.4, 0.5) is 23.7 Å². The molecule has 0 atom stereocenters. The third-order valence-corrected chi connectivity index (χ3v) is 4.61. The molecule has 0 spiro atoms. The molecule has 0 radical (unpaired) electrons. The highest BCUT2D eigenvalue weighted by atomic mass is 16.5. The number of nitrogen functional groups attached to an aromatic ring is 1. The molecular weight excluding hydrogens is 370 g/mol. The Morgan fingerprint density at radius 2 is 1.83 bits per heavy atom. The van der Waals surface area contributed by atoms with E-state index in [1.165, 1.54) is 0 Å². The molecule has 1 aromatic carbocycles. The number of fused-ring (bicyclic) bond motifs is 1. The van der Waals surface area contributed by atoms with E-state index in [9.17, 15) is 0 Å². The maximum absolute atomic E-state index is 5.62. The fraction of sp³-hybridized carbons (Fsp3) is 0.211. The lowest BCUT2D eigenvalue weighted by atomic mass is 10.2. The average molecular weight is 389 g/mol. The number of H-pyrrole nitrogens is 1. The smallest absolute Gasteiger partial charge is 0.228 e. The molecule has 5 rings (SSSR count). The van der Waals surface area contributed by atoms with Gasteiger partial charge in [0.1, 0.15) is 5.82 Å². The Balaban J connectivity index is 1.53. The van der Waals surface area contributed by atoms with Gasteiger partial charge < -0.3 is 25.7 Å². The van der Waals surface area contributed by atoms with Gasteiger partial charge in [-0.25, -0.2) is 19.9 Å². The van der Waals surface area contributed by atoms with Crippen LogP contribution in [0.25, 0.3) is 22.3 Å². The summed E-state index contributed by atoms with van der Waals surface area (Å²) in [7, 11) is 0. The van der Waals surface area contributed by atoms with Gasteiger partial charge >= 0.3 is 0 Å². The van der Waals surface area contributed by atoms with Gasteiger partial charge in [-0.05, 0) is 12.1 Å². The molecule has 3 aromatic heterocycles. The highest BCUT2D eigenvalue weighted by Gasteiger charge is 2.17. The first-order chi connectivity index (χ1) is 14.2. The van der Waals surface area contributed by atoms with Crippen molar-refractivity contribution in [2.75, 3.05) is 42.3 Å². The van der Waals surface area contributed by atoms with Crippen molar-refractivity contribution >= 4 is 34.7 Å². The number of aromatic amines is 1. The standard InChI is InChI=1S/C19H19N9O/c20-17-21-10-12(11-22-17)15-9-16(27-19(25-15)28-5-7-29-8-6-28)26-18-23-13-3-1-2-4-14(13)24-18/h1-4,9-11H,5-8H2,(H2,20,21,22)(H2,23,24,25,26,27). The molecular formula is C19H19N9O. The third-order valence-electron chi connectivity index (χ3n) is 4.61. The summed E-state index contributed by atoms with van der Waals surface area (Å²) in [6.45, 7) is 2.74. The number of hydrogen-bond donors (Lipinski definition) is 3. The van der Waals surface area contributed by atoms with Crippen LogP contribution < -0.4 is 16.0 Å². The molecule has 4 N–H and O–H groups in total. The van der Waals surface area contributed by atoms with Crippen molar-refractivity contribution in [2.24, 2.45) is 0 Å². The predicted octanol–water partition coefficient (Wildman–Crippen LogP) is 1.97. The predicted molar refractivity (Wildman–Crippen MR) is 110 cm³/mol. The molecule has 0 unspecified atom stereocenters. The van der Waals surface area contributed by atoms with Gasteiger partial charge in [0, 0.05) is 37.1 Å². The summed E-state index contributed by atoms with van der Waals surface area (Å²) in [5.74, 6) is 2.06. The lowest BCUT2D eigenvalue weighted by Crippen LogP contribution is -2.37. The van der Waals surface area contributed by atoms with E-state index in [4.69, 9.17) is 15.5 Å². The minimum Gasteiger partial charge on any atom is -0.378 e.